The van der Waals surface area contributed by atoms with Crippen LogP contribution in [0.3, 0.4) is 0 Å². The topological polar surface area (TPSA) is 116 Å². The zero-order valence-electron chi connectivity index (χ0n) is 19.5. The second-order valence-corrected chi connectivity index (χ2v) is 9.56. The number of aryl methyl sites for hydroxylation is 2. The number of hydrogen-bond acceptors (Lipinski definition) is 8. The van der Waals surface area contributed by atoms with Crippen LogP contribution in [0.15, 0.2) is 12.4 Å². The lowest BCUT2D eigenvalue weighted by atomic mass is 9.91. The molecule has 194 valence electrons. The second-order valence-electron chi connectivity index (χ2n) is 8.46. The van der Waals surface area contributed by atoms with Crippen LogP contribution in [0.5, 0.6) is 0 Å². The Bertz CT molecular complexity index is 1280. The van der Waals surface area contributed by atoms with Gasteiger partial charge >= 0.3 is 5.97 Å². The lowest BCUT2D eigenvalue weighted by Crippen LogP contribution is -2.23. The van der Waals surface area contributed by atoms with E-state index in [-0.39, 0.29) is 22.3 Å². The van der Waals surface area contributed by atoms with Gasteiger partial charge in [-0.25, -0.2) is 22.4 Å². The van der Waals surface area contributed by atoms with Crippen molar-refractivity contribution in [1.82, 2.24) is 24.5 Å². The number of halogens is 4. The first kappa shape index (κ1) is 25.6. The zero-order chi connectivity index (χ0) is 26.2. The van der Waals surface area contributed by atoms with E-state index in [2.05, 4.69) is 25.9 Å². The van der Waals surface area contributed by atoms with Crippen LogP contribution >= 0.6 is 11.3 Å². The Morgan fingerprint density at radius 3 is 2.75 bits per heavy atom. The third kappa shape index (κ3) is 5.34. The summed E-state index contributed by atoms with van der Waals surface area (Å²) in [5, 5.41) is 17.3. The summed E-state index contributed by atoms with van der Waals surface area (Å²) in [5.74, 6) is -4.21. The number of nitrogens with one attached hydrogen (secondary N) is 2. The van der Waals surface area contributed by atoms with Gasteiger partial charge in [-0.1, -0.05) is 0 Å². The molecule has 1 amide bonds. The highest BCUT2D eigenvalue weighted by Crippen LogP contribution is 2.42. The summed E-state index contributed by atoms with van der Waals surface area (Å²) < 4.78 is 60.5. The molecule has 0 bridgehead atoms. The van der Waals surface area contributed by atoms with Gasteiger partial charge in [-0.05, 0) is 31.7 Å². The first-order valence-corrected chi connectivity index (χ1v) is 11.7. The Morgan fingerprint density at radius 1 is 1.36 bits per heavy atom. The molecular weight excluding hydrogens is 506 g/mol. The van der Waals surface area contributed by atoms with Crippen LogP contribution in [0.4, 0.5) is 34.3 Å². The van der Waals surface area contributed by atoms with Crippen molar-refractivity contribution in [3.8, 4) is 0 Å². The maximum Gasteiger partial charge on any atom is 0.341 e. The normalized spacial score (nSPS) is 15.6. The summed E-state index contributed by atoms with van der Waals surface area (Å²) in [6.45, 7) is 0.641. The van der Waals surface area contributed by atoms with Gasteiger partial charge in [0.25, 0.3) is 12.3 Å². The van der Waals surface area contributed by atoms with Gasteiger partial charge in [0.15, 0.2) is 0 Å². The molecule has 0 radical (unpaired) electrons. The first-order valence-electron chi connectivity index (χ1n) is 10.9. The molecule has 3 heterocycles. The number of anilines is 3. The number of carbonyl (C=O) groups excluding carboxylic acids is 2. The number of methoxy groups -OCH3 is 1. The quantitative estimate of drug-likeness (QED) is 0.331. The highest BCUT2D eigenvalue weighted by atomic mass is 32.1. The van der Waals surface area contributed by atoms with Crippen LogP contribution in [-0.2, 0) is 29.4 Å². The van der Waals surface area contributed by atoms with Crippen LogP contribution in [-0.4, -0.2) is 49.5 Å². The van der Waals surface area contributed by atoms with Gasteiger partial charge in [0.05, 0.1) is 19.1 Å². The molecule has 0 saturated carbocycles. The lowest BCUT2D eigenvalue weighted by Gasteiger charge is -2.25. The predicted molar refractivity (Wildman–Crippen MR) is 122 cm³/mol. The number of amides is 1. The number of hydrogen-bond donors (Lipinski definition) is 2. The molecule has 3 aromatic heterocycles. The van der Waals surface area contributed by atoms with Crippen LogP contribution in [0.2, 0.25) is 0 Å². The Balaban J connectivity index is 1.60. The predicted octanol–water partition coefficient (Wildman–Crippen LogP) is 4.25. The molecule has 3 aromatic rings. The molecule has 0 unspecified atom stereocenters. The van der Waals surface area contributed by atoms with Crippen molar-refractivity contribution < 1.29 is 31.9 Å². The molecule has 1 atom stereocenters. The fourth-order valence-corrected chi connectivity index (χ4v) is 5.34. The van der Waals surface area contributed by atoms with Crippen molar-refractivity contribution in [1.29, 1.82) is 0 Å². The van der Waals surface area contributed by atoms with E-state index in [1.807, 2.05) is 0 Å². The van der Waals surface area contributed by atoms with Gasteiger partial charge in [-0.2, -0.15) is 5.10 Å². The number of fused-ring (bicyclic) bond motifs is 1. The van der Waals surface area contributed by atoms with Crippen molar-refractivity contribution in [3.63, 3.8) is 0 Å². The van der Waals surface area contributed by atoms with Crippen molar-refractivity contribution in [2.75, 3.05) is 17.7 Å². The maximum absolute atomic E-state index is 13.3. The van der Waals surface area contributed by atoms with Gasteiger partial charge in [0, 0.05) is 24.0 Å². The molecule has 10 nitrogen and oxygen atoms in total. The molecule has 4 rings (SSSR count). The number of esters is 1. The highest BCUT2D eigenvalue weighted by molar-refractivity contribution is 7.17. The highest BCUT2D eigenvalue weighted by Gasteiger charge is 2.33. The summed E-state index contributed by atoms with van der Waals surface area (Å²) in [6, 6.07) is 0.991. The van der Waals surface area contributed by atoms with Crippen LogP contribution in [0, 0.1) is 0 Å². The van der Waals surface area contributed by atoms with E-state index >= 15 is 0 Å². The van der Waals surface area contributed by atoms with E-state index in [1.54, 1.807) is 4.57 Å². The van der Waals surface area contributed by atoms with E-state index in [4.69, 9.17) is 4.74 Å². The Hall–Kier alpha value is -3.49. The molecule has 15 heteroatoms. The number of aromatic nitrogens is 5. The average molecular weight is 530 g/mol. The van der Waals surface area contributed by atoms with Gasteiger partial charge < -0.3 is 15.4 Å². The van der Waals surface area contributed by atoms with E-state index < -0.39 is 30.6 Å². The van der Waals surface area contributed by atoms with Gasteiger partial charge in [-0.15, -0.1) is 21.5 Å². The van der Waals surface area contributed by atoms with Crippen molar-refractivity contribution in [2.24, 2.45) is 7.05 Å². The van der Waals surface area contributed by atoms with Crippen molar-refractivity contribution in [3.05, 3.63) is 34.1 Å². The summed E-state index contributed by atoms with van der Waals surface area (Å²) in [5.41, 5.74) is 0.386. The fourth-order valence-electron chi connectivity index (χ4n) is 4.09. The molecule has 0 spiro atoms. The van der Waals surface area contributed by atoms with E-state index in [1.165, 1.54) is 31.2 Å². The summed E-state index contributed by atoms with van der Waals surface area (Å²) >= 11 is 1.16. The summed E-state index contributed by atoms with van der Waals surface area (Å²) in [4.78, 5) is 25.6. The number of ether oxygens (including phenoxy) is 1. The maximum atomic E-state index is 13.3. The standard InChI is InChI=1S/C21H23F4N7O3S/c1-21(24,25)8-15(33)28-18-16(19(34)35-3)11-6-10(4-5-13(11)36-18)32-9-26-29-20(32)27-14-7-12(17(22)23)30-31(14)2/h7,9-10,17H,4-6,8H2,1-3H3,(H,27,29)(H,28,33)/t10-/m0/s1. The largest absolute Gasteiger partial charge is 0.465 e. The number of rotatable bonds is 8. The monoisotopic (exact) mass is 529 g/mol. The van der Waals surface area contributed by atoms with Crippen LogP contribution in [0.1, 0.15) is 58.7 Å². The third-order valence-electron chi connectivity index (χ3n) is 5.68. The molecule has 1 aliphatic carbocycles. The Labute approximate surface area is 206 Å². The molecule has 36 heavy (non-hydrogen) atoms. The molecule has 0 saturated heterocycles. The van der Waals surface area contributed by atoms with Crippen molar-refractivity contribution in [2.45, 2.75) is 51.0 Å². The molecular formula is C21H23F4N7O3S. The van der Waals surface area contributed by atoms with Crippen molar-refractivity contribution >= 4 is 40.0 Å². The smallest absolute Gasteiger partial charge is 0.341 e. The summed E-state index contributed by atoms with van der Waals surface area (Å²) in [7, 11) is 2.71. The SMILES string of the molecule is COC(=O)c1c(NC(=O)CC(C)(F)F)sc2c1C[C@@H](n1cnnc1Nc1cc(C(F)F)nn1C)CC2. The first-order chi connectivity index (χ1) is 17.0. The second kappa shape index (κ2) is 9.87. The number of nitrogens with zero attached hydrogens (tertiary/aromatic N) is 5. The van der Waals surface area contributed by atoms with E-state index in [0.717, 1.165) is 16.2 Å². The Morgan fingerprint density at radius 2 is 2.11 bits per heavy atom. The molecule has 0 fully saturated rings. The fraction of sp³-hybridized carbons (Fsp3) is 0.476. The average Bonchev–Trinajstić information content (AvgIpc) is 3.49. The van der Waals surface area contributed by atoms with E-state index in [9.17, 15) is 27.2 Å². The zero-order valence-corrected chi connectivity index (χ0v) is 20.3. The van der Waals surface area contributed by atoms with Gasteiger partial charge in [0.1, 0.15) is 22.8 Å². The van der Waals surface area contributed by atoms with Gasteiger partial charge in [-0.3, -0.25) is 14.0 Å². The number of thiophene rings is 1. The minimum absolute atomic E-state index is 0.130. The minimum Gasteiger partial charge on any atom is -0.465 e. The lowest BCUT2D eigenvalue weighted by molar-refractivity contribution is -0.122. The van der Waals surface area contributed by atoms with E-state index in [0.29, 0.717) is 43.5 Å². The molecule has 0 aliphatic heterocycles. The number of carbonyl (C=O) groups is 2. The summed E-state index contributed by atoms with van der Waals surface area (Å²) in [6.07, 6.45) is -0.761. The molecule has 1 aliphatic rings. The minimum atomic E-state index is -3.20. The number of alkyl halides is 4. The Kier molecular flexibility index (Phi) is 7.02. The molecule has 2 N–H and O–H groups in total. The van der Waals surface area contributed by atoms with Crippen LogP contribution < -0.4 is 10.6 Å². The third-order valence-corrected chi connectivity index (χ3v) is 6.88. The van der Waals surface area contributed by atoms with Gasteiger partial charge in [0.2, 0.25) is 11.9 Å². The molecule has 0 aromatic carbocycles. The van der Waals surface area contributed by atoms with Crippen LogP contribution in [0.25, 0.3) is 0 Å².